The molecule has 0 unspecified atom stereocenters. The highest BCUT2D eigenvalue weighted by Crippen LogP contribution is 2.57. The lowest BCUT2D eigenvalue weighted by Gasteiger charge is -2.57. The molecule has 5 aliphatic rings. The van der Waals surface area contributed by atoms with Gasteiger partial charge in [0.15, 0.2) is 5.82 Å². The molecule has 2 saturated heterocycles. The molecule has 3 aromatic rings. The topological polar surface area (TPSA) is 131 Å². The van der Waals surface area contributed by atoms with Crippen LogP contribution in [0.1, 0.15) is 62.8 Å². The maximum atomic E-state index is 11.5. The molecular weight excluding hydrogens is 580 g/mol. The minimum Gasteiger partial charge on any atom is -0.507 e. The fourth-order valence-corrected chi connectivity index (χ4v) is 8.79. The minimum atomic E-state index is -0.477. The summed E-state index contributed by atoms with van der Waals surface area (Å²) in [6, 6.07) is 10.2. The second kappa shape index (κ2) is 11.8. The highest BCUT2D eigenvalue weighted by atomic mass is 16.3. The van der Waals surface area contributed by atoms with Gasteiger partial charge in [-0.25, -0.2) is 9.97 Å². The van der Waals surface area contributed by atoms with Crippen LogP contribution in [-0.2, 0) is 4.79 Å². The molecule has 8 rings (SSSR count). The number of carbonyl (C=O) groups is 1. The summed E-state index contributed by atoms with van der Waals surface area (Å²) >= 11 is 0. The molecule has 11 heteroatoms. The molecule has 11 nitrogen and oxygen atoms in total. The van der Waals surface area contributed by atoms with E-state index in [1.165, 1.54) is 18.4 Å². The van der Waals surface area contributed by atoms with Crippen LogP contribution >= 0.6 is 0 Å². The van der Waals surface area contributed by atoms with E-state index in [0.717, 1.165) is 102 Å². The number of carbonyl (C=O) groups excluding carboxylic acids is 1. The lowest BCUT2D eigenvalue weighted by Crippen LogP contribution is -2.58. The van der Waals surface area contributed by atoms with Crippen molar-refractivity contribution in [2.45, 2.75) is 69.4 Å². The van der Waals surface area contributed by atoms with Gasteiger partial charge in [0.1, 0.15) is 12.0 Å². The van der Waals surface area contributed by atoms with Crippen LogP contribution in [0.5, 0.6) is 5.75 Å². The standard InChI is InChI=1S/C35H44N8O3/c44-22-35(23-45)9-7-34(8-10-35)16-26(17-34)41-11-5-24(6-12-41)25-18-37-33(38-19-25)42-13-14-43-27(21-42)20-36-32-30(43)15-29(39-40-32)28-3-1-2-4-31(28)46/h1-4,15,18-19,22,24,26-27,45-46H,5-14,16-17,20-21,23H2,(H,36,40)/t26?,27-,34?,35?/m0/s1. The Morgan fingerprint density at radius 1 is 0.957 bits per heavy atom. The van der Waals surface area contributed by atoms with Crippen LogP contribution in [-0.4, -0.2) is 99.5 Å². The van der Waals surface area contributed by atoms with Crippen LogP contribution in [0.4, 0.5) is 17.5 Å². The van der Waals surface area contributed by atoms with Crippen LogP contribution in [0.15, 0.2) is 42.7 Å². The summed E-state index contributed by atoms with van der Waals surface area (Å²) in [4.78, 5) is 28.6. The van der Waals surface area contributed by atoms with Gasteiger partial charge >= 0.3 is 0 Å². The summed E-state index contributed by atoms with van der Waals surface area (Å²) in [7, 11) is 0. The number of nitrogens with one attached hydrogen (secondary N) is 1. The number of aliphatic hydroxyl groups excluding tert-OH is 1. The van der Waals surface area contributed by atoms with E-state index in [4.69, 9.17) is 9.97 Å². The van der Waals surface area contributed by atoms with Crippen LogP contribution in [0, 0.1) is 10.8 Å². The summed E-state index contributed by atoms with van der Waals surface area (Å²) in [6.45, 7) is 5.48. The Labute approximate surface area is 270 Å². The molecule has 1 spiro atoms. The van der Waals surface area contributed by atoms with E-state index in [9.17, 15) is 15.0 Å². The lowest BCUT2D eigenvalue weighted by molar-refractivity contribution is -0.126. The zero-order valence-electron chi connectivity index (χ0n) is 26.4. The molecule has 3 N–H and O–H groups in total. The molecule has 2 aliphatic carbocycles. The number of rotatable bonds is 6. The van der Waals surface area contributed by atoms with Crippen molar-refractivity contribution >= 4 is 23.7 Å². The Hall–Kier alpha value is -3.83. The fraction of sp³-hybridized carbons (Fsp3) is 0.571. The number of piperidine rings is 1. The predicted molar refractivity (Wildman–Crippen MR) is 176 cm³/mol. The van der Waals surface area contributed by atoms with Gasteiger partial charge in [0.05, 0.1) is 24.0 Å². The van der Waals surface area contributed by atoms with Crippen molar-refractivity contribution < 1.29 is 15.0 Å². The van der Waals surface area contributed by atoms with Crippen LogP contribution in [0.25, 0.3) is 11.3 Å². The third-order valence-electron chi connectivity index (χ3n) is 11.9. The van der Waals surface area contributed by atoms with E-state index in [1.807, 2.05) is 24.3 Å². The average Bonchev–Trinajstić information content (AvgIpc) is 3.10. The SMILES string of the molecule is O=CC1(CO)CCC2(CC1)CC(N1CCC(c3cnc(N4CCN5c6cc(-c7ccccc7O)nnc6NC[C@H]5C4)nc3)CC1)C2. The van der Waals surface area contributed by atoms with Gasteiger partial charge in [-0.15, -0.1) is 10.2 Å². The highest BCUT2D eigenvalue weighted by Gasteiger charge is 2.51. The number of benzene rings is 1. The number of para-hydroxylation sites is 1. The highest BCUT2D eigenvalue weighted by molar-refractivity contribution is 5.76. The zero-order chi connectivity index (χ0) is 31.3. The molecule has 242 valence electrons. The average molecular weight is 625 g/mol. The first-order chi connectivity index (χ1) is 22.5. The summed E-state index contributed by atoms with van der Waals surface area (Å²) < 4.78 is 0. The Balaban J connectivity index is 0.847. The molecule has 0 amide bonds. The maximum Gasteiger partial charge on any atom is 0.225 e. The first-order valence-corrected chi connectivity index (χ1v) is 17.0. The Morgan fingerprint density at radius 3 is 2.43 bits per heavy atom. The number of nitrogens with zero attached hydrogens (tertiary/aromatic N) is 7. The Morgan fingerprint density at radius 2 is 1.72 bits per heavy atom. The van der Waals surface area contributed by atoms with Crippen molar-refractivity contribution in [2.75, 3.05) is 61.0 Å². The molecule has 3 aliphatic heterocycles. The van der Waals surface area contributed by atoms with E-state index in [-0.39, 0.29) is 18.4 Å². The normalized spacial score (nSPS) is 29.8. The van der Waals surface area contributed by atoms with Gasteiger partial charge in [-0.2, -0.15) is 0 Å². The third kappa shape index (κ3) is 5.27. The number of hydrogen-bond donors (Lipinski definition) is 3. The number of anilines is 3. The molecule has 4 fully saturated rings. The number of piperazine rings is 1. The Kier molecular flexibility index (Phi) is 7.56. The monoisotopic (exact) mass is 624 g/mol. The molecule has 2 aromatic heterocycles. The quantitative estimate of drug-likeness (QED) is 0.346. The number of phenolic OH excluding ortho intramolecular Hbond substituents is 1. The van der Waals surface area contributed by atoms with Crippen molar-refractivity contribution in [3.63, 3.8) is 0 Å². The lowest BCUT2D eigenvalue weighted by atomic mass is 9.54. The predicted octanol–water partition coefficient (Wildman–Crippen LogP) is 3.84. The molecule has 0 radical (unpaired) electrons. The first-order valence-electron chi connectivity index (χ1n) is 17.0. The summed E-state index contributed by atoms with van der Waals surface area (Å²) in [6.07, 6.45) is 13.7. The van der Waals surface area contributed by atoms with E-state index >= 15 is 0 Å². The van der Waals surface area contributed by atoms with Crippen molar-refractivity contribution in [3.05, 3.63) is 48.3 Å². The van der Waals surface area contributed by atoms with Gasteiger partial charge in [-0.3, -0.25) is 0 Å². The molecule has 5 heterocycles. The first kappa shape index (κ1) is 29.6. The van der Waals surface area contributed by atoms with E-state index < -0.39 is 5.41 Å². The largest absolute Gasteiger partial charge is 0.507 e. The van der Waals surface area contributed by atoms with E-state index in [0.29, 0.717) is 28.6 Å². The van der Waals surface area contributed by atoms with Gasteiger partial charge in [0.25, 0.3) is 0 Å². The van der Waals surface area contributed by atoms with Crippen molar-refractivity contribution in [3.8, 4) is 17.0 Å². The maximum absolute atomic E-state index is 11.5. The number of aromatic nitrogens is 4. The number of phenols is 1. The minimum absolute atomic E-state index is 0.00250. The summed E-state index contributed by atoms with van der Waals surface area (Å²) in [5.74, 6) is 2.28. The zero-order valence-corrected chi connectivity index (χ0v) is 26.4. The molecule has 1 aromatic carbocycles. The number of aromatic hydroxyl groups is 1. The van der Waals surface area contributed by atoms with Crippen molar-refractivity contribution in [2.24, 2.45) is 10.8 Å². The molecule has 0 bridgehead atoms. The Bertz CT molecular complexity index is 1560. The summed E-state index contributed by atoms with van der Waals surface area (Å²) in [5, 5.41) is 32.3. The number of likely N-dealkylation sites (tertiary alicyclic amines) is 1. The van der Waals surface area contributed by atoms with E-state index in [1.54, 1.807) is 6.07 Å². The second-order valence-electron chi connectivity index (χ2n) is 14.5. The second-order valence-corrected chi connectivity index (χ2v) is 14.5. The van der Waals surface area contributed by atoms with Crippen LogP contribution < -0.4 is 15.1 Å². The summed E-state index contributed by atoms with van der Waals surface area (Å²) in [5.41, 5.74) is 3.54. The molecule has 2 saturated carbocycles. The van der Waals surface area contributed by atoms with Gasteiger partial charge < -0.3 is 35.0 Å². The molecule has 1 atom stereocenters. The fourth-order valence-electron chi connectivity index (χ4n) is 8.79. The van der Waals surface area contributed by atoms with Gasteiger partial charge in [0.2, 0.25) is 5.95 Å². The van der Waals surface area contributed by atoms with Gasteiger partial charge in [-0.1, -0.05) is 12.1 Å². The van der Waals surface area contributed by atoms with Crippen LogP contribution in [0.2, 0.25) is 0 Å². The van der Waals surface area contributed by atoms with Crippen molar-refractivity contribution in [1.82, 2.24) is 25.1 Å². The van der Waals surface area contributed by atoms with Gasteiger partial charge in [0, 0.05) is 55.6 Å². The number of hydrogen-bond acceptors (Lipinski definition) is 11. The van der Waals surface area contributed by atoms with Gasteiger partial charge in [-0.05, 0) is 99.6 Å². The molecular formula is C35H44N8O3. The number of fused-ring (bicyclic) bond motifs is 3. The smallest absolute Gasteiger partial charge is 0.225 e. The van der Waals surface area contributed by atoms with E-state index in [2.05, 4.69) is 42.6 Å². The number of aliphatic hydroxyl groups is 1. The van der Waals surface area contributed by atoms with Crippen LogP contribution in [0.3, 0.4) is 0 Å². The number of aldehydes is 1. The third-order valence-corrected chi connectivity index (χ3v) is 11.9. The van der Waals surface area contributed by atoms with Crippen molar-refractivity contribution in [1.29, 1.82) is 0 Å². The molecule has 46 heavy (non-hydrogen) atoms.